The maximum atomic E-state index is 13.0. The van der Waals surface area contributed by atoms with E-state index in [4.69, 9.17) is 17.3 Å². The number of hydrogen-bond acceptors (Lipinski definition) is 4. The minimum atomic E-state index is -0.104. The van der Waals surface area contributed by atoms with Crippen LogP contribution in [0.15, 0.2) is 24.3 Å². The minimum Gasteiger partial charge on any atom is -0.333 e. The van der Waals surface area contributed by atoms with E-state index >= 15 is 0 Å². The number of nitrogens with zero attached hydrogens (tertiary/aromatic N) is 4. The number of benzene rings is 1. The highest BCUT2D eigenvalue weighted by Gasteiger charge is 2.33. The molecule has 0 spiro atoms. The monoisotopic (exact) mass is 347 g/mol. The van der Waals surface area contributed by atoms with Gasteiger partial charge in [-0.25, -0.2) is 4.68 Å². The van der Waals surface area contributed by atoms with E-state index in [-0.39, 0.29) is 11.9 Å². The van der Waals surface area contributed by atoms with Crippen LogP contribution in [0.3, 0.4) is 0 Å². The SMILES string of the molecule is Cc1c(C(=O)N2CCC[C@H](C)[C@H]2CN)nnn1-c1ccccc1Cl. The Labute approximate surface area is 146 Å². The van der Waals surface area contributed by atoms with Gasteiger partial charge in [-0.1, -0.05) is 35.9 Å². The molecule has 0 unspecified atom stereocenters. The van der Waals surface area contributed by atoms with Gasteiger partial charge in [-0.15, -0.1) is 5.10 Å². The van der Waals surface area contributed by atoms with Gasteiger partial charge in [0.15, 0.2) is 5.69 Å². The summed E-state index contributed by atoms with van der Waals surface area (Å²) in [6.45, 7) is 5.15. The van der Waals surface area contributed by atoms with Crippen molar-refractivity contribution >= 4 is 17.5 Å². The zero-order valence-electron chi connectivity index (χ0n) is 13.9. The van der Waals surface area contributed by atoms with Crippen molar-refractivity contribution in [2.75, 3.05) is 13.1 Å². The van der Waals surface area contributed by atoms with Gasteiger partial charge in [0.1, 0.15) is 0 Å². The van der Waals surface area contributed by atoms with E-state index in [1.807, 2.05) is 30.0 Å². The topological polar surface area (TPSA) is 77.0 Å². The molecule has 24 heavy (non-hydrogen) atoms. The van der Waals surface area contributed by atoms with E-state index in [0.29, 0.717) is 41.1 Å². The molecular formula is C17H22ClN5O. The van der Waals surface area contributed by atoms with Gasteiger partial charge in [-0.2, -0.15) is 0 Å². The van der Waals surface area contributed by atoms with Crippen LogP contribution in [0.5, 0.6) is 0 Å². The number of likely N-dealkylation sites (tertiary alicyclic amines) is 1. The van der Waals surface area contributed by atoms with Gasteiger partial charge in [0, 0.05) is 19.1 Å². The summed E-state index contributed by atoms with van der Waals surface area (Å²) in [5.74, 6) is 0.291. The molecule has 6 nitrogen and oxygen atoms in total. The van der Waals surface area contributed by atoms with Crippen molar-refractivity contribution < 1.29 is 4.79 Å². The number of para-hydroxylation sites is 1. The lowest BCUT2D eigenvalue weighted by Gasteiger charge is -2.39. The molecule has 0 saturated carbocycles. The van der Waals surface area contributed by atoms with Gasteiger partial charge < -0.3 is 10.6 Å². The molecule has 1 aliphatic heterocycles. The van der Waals surface area contributed by atoms with Crippen LogP contribution in [-0.2, 0) is 0 Å². The van der Waals surface area contributed by atoms with Crippen LogP contribution in [0.1, 0.15) is 35.9 Å². The quantitative estimate of drug-likeness (QED) is 0.925. The molecule has 128 valence electrons. The predicted molar refractivity (Wildman–Crippen MR) is 93.4 cm³/mol. The highest BCUT2D eigenvalue weighted by molar-refractivity contribution is 6.32. The molecule has 2 heterocycles. The Morgan fingerprint density at radius 2 is 2.17 bits per heavy atom. The normalized spacial score (nSPS) is 21.1. The third kappa shape index (κ3) is 2.91. The zero-order valence-corrected chi connectivity index (χ0v) is 14.7. The Hall–Kier alpha value is -1.92. The number of carbonyl (C=O) groups is 1. The van der Waals surface area contributed by atoms with Gasteiger partial charge in [-0.05, 0) is 37.8 Å². The van der Waals surface area contributed by atoms with Crippen molar-refractivity contribution in [2.24, 2.45) is 11.7 Å². The maximum Gasteiger partial charge on any atom is 0.276 e. The fourth-order valence-electron chi connectivity index (χ4n) is 3.38. The molecule has 0 radical (unpaired) electrons. The van der Waals surface area contributed by atoms with Crippen LogP contribution in [0, 0.1) is 12.8 Å². The number of carbonyl (C=O) groups excluding carboxylic acids is 1. The molecule has 0 aliphatic carbocycles. The summed E-state index contributed by atoms with van der Waals surface area (Å²) in [7, 11) is 0. The van der Waals surface area contributed by atoms with Gasteiger partial charge >= 0.3 is 0 Å². The number of amides is 1. The van der Waals surface area contributed by atoms with Crippen molar-refractivity contribution in [1.29, 1.82) is 0 Å². The molecule has 7 heteroatoms. The summed E-state index contributed by atoms with van der Waals surface area (Å²) in [5, 5.41) is 8.83. The molecule has 3 rings (SSSR count). The predicted octanol–water partition coefficient (Wildman–Crippen LogP) is 2.43. The lowest BCUT2D eigenvalue weighted by Crippen LogP contribution is -2.51. The Balaban J connectivity index is 1.93. The summed E-state index contributed by atoms with van der Waals surface area (Å²) < 4.78 is 1.61. The molecule has 0 bridgehead atoms. The van der Waals surface area contributed by atoms with E-state index in [2.05, 4.69) is 17.2 Å². The van der Waals surface area contributed by atoms with E-state index in [0.717, 1.165) is 12.8 Å². The summed E-state index contributed by atoms with van der Waals surface area (Å²) in [4.78, 5) is 14.8. The largest absolute Gasteiger partial charge is 0.333 e. The molecule has 1 aromatic heterocycles. The third-order valence-corrected chi connectivity index (χ3v) is 5.12. The van der Waals surface area contributed by atoms with Crippen LogP contribution in [0.2, 0.25) is 5.02 Å². The average Bonchev–Trinajstić information content (AvgIpc) is 2.96. The van der Waals surface area contributed by atoms with Crippen LogP contribution in [0.4, 0.5) is 0 Å². The second-order valence-electron chi connectivity index (χ2n) is 6.31. The first-order valence-electron chi connectivity index (χ1n) is 8.22. The van der Waals surface area contributed by atoms with E-state index in [1.165, 1.54) is 0 Å². The number of nitrogens with two attached hydrogens (primary N) is 1. The van der Waals surface area contributed by atoms with Crippen molar-refractivity contribution in [3.05, 3.63) is 40.7 Å². The molecule has 1 saturated heterocycles. The van der Waals surface area contributed by atoms with Crippen LogP contribution < -0.4 is 5.73 Å². The van der Waals surface area contributed by atoms with Crippen LogP contribution in [-0.4, -0.2) is 44.9 Å². The van der Waals surface area contributed by atoms with Gasteiger partial charge in [0.2, 0.25) is 0 Å². The standard InChI is InChI=1S/C17H22ClN5O/c1-11-6-5-9-22(15(11)10-19)17(24)16-12(2)23(21-20-16)14-8-4-3-7-13(14)18/h3-4,7-8,11,15H,5-6,9-10,19H2,1-2H3/t11-,15+/m0/s1. The Kier molecular flexibility index (Phi) is 4.87. The molecule has 1 amide bonds. The van der Waals surface area contributed by atoms with Crippen molar-refractivity contribution in [2.45, 2.75) is 32.7 Å². The fraction of sp³-hybridized carbons (Fsp3) is 0.471. The highest BCUT2D eigenvalue weighted by Crippen LogP contribution is 2.26. The highest BCUT2D eigenvalue weighted by atomic mass is 35.5. The third-order valence-electron chi connectivity index (χ3n) is 4.80. The van der Waals surface area contributed by atoms with Crippen molar-refractivity contribution in [1.82, 2.24) is 19.9 Å². The molecule has 2 N–H and O–H groups in total. The molecule has 1 fully saturated rings. The van der Waals surface area contributed by atoms with Gasteiger partial charge in [0.05, 0.1) is 16.4 Å². The molecule has 1 aromatic carbocycles. The number of rotatable bonds is 3. The summed E-state index contributed by atoms with van der Waals surface area (Å²) in [6, 6.07) is 7.42. The first kappa shape index (κ1) is 16.9. The smallest absolute Gasteiger partial charge is 0.276 e. The van der Waals surface area contributed by atoms with E-state index in [9.17, 15) is 4.79 Å². The molecular weight excluding hydrogens is 326 g/mol. The zero-order chi connectivity index (χ0) is 17.3. The van der Waals surface area contributed by atoms with Crippen LogP contribution in [0.25, 0.3) is 5.69 Å². The van der Waals surface area contributed by atoms with Crippen molar-refractivity contribution in [3.8, 4) is 5.69 Å². The Bertz CT molecular complexity index is 744. The number of halogens is 1. The lowest BCUT2D eigenvalue weighted by molar-refractivity contribution is 0.0525. The van der Waals surface area contributed by atoms with Crippen LogP contribution >= 0.6 is 11.6 Å². The molecule has 2 aromatic rings. The Morgan fingerprint density at radius 3 is 2.88 bits per heavy atom. The molecule has 1 aliphatic rings. The number of hydrogen-bond donors (Lipinski definition) is 1. The average molecular weight is 348 g/mol. The van der Waals surface area contributed by atoms with Gasteiger partial charge in [-0.3, -0.25) is 4.79 Å². The second-order valence-corrected chi connectivity index (χ2v) is 6.71. The van der Waals surface area contributed by atoms with Gasteiger partial charge in [0.25, 0.3) is 5.91 Å². The number of piperidine rings is 1. The second kappa shape index (κ2) is 6.91. The Morgan fingerprint density at radius 1 is 1.42 bits per heavy atom. The minimum absolute atomic E-state index is 0.0520. The maximum absolute atomic E-state index is 13.0. The number of aromatic nitrogens is 3. The fourth-order valence-corrected chi connectivity index (χ4v) is 3.59. The van der Waals surface area contributed by atoms with E-state index in [1.54, 1.807) is 10.7 Å². The van der Waals surface area contributed by atoms with E-state index < -0.39 is 0 Å². The first-order chi connectivity index (χ1) is 11.5. The summed E-state index contributed by atoms with van der Waals surface area (Å²) >= 11 is 6.23. The lowest BCUT2D eigenvalue weighted by atomic mass is 9.90. The summed E-state index contributed by atoms with van der Waals surface area (Å²) in [6.07, 6.45) is 2.08. The van der Waals surface area contributed by atoms with Crippen molar-refractivity contribution in [3.63, 3.8) is 0 Å². The summed E-state index contributed by atoms with van der Waals surface area (Å²) in [5.41, 5.74) is 7.66. The molecule has 2 atom stereocenters. The first-order valence-corrected chi connectivity index (χ1v) is 8.60.